The highest BCUT2D eigenvalue weighted by atomic mass is 32.2. The molecule has 0 radical (unpaired) electrons. The first-order chi connectivity index (χ1) is 12.3. The highest BCUT2D eigenvalue weighted by molar-refractivity contribution is 7.92. The SMILES string of the molecule is Cc1cc(C)c(N2CCCC2)c(C)c1NS(=O)(=O)c1ccccc1CN. The first-order valence-electron chi connectivity index (χ1n) is 9.01. The minimum absolute atomic E-state index is 0.183. The second-order valence-corrected chi connectivity index (χ2v) is 8.62. The lowest BCUT2D eigenvalue weighted by Gasteiger charge is -2.26. The van der Waals surface area contributed by atoms with Crippen molar-refractivity contribution in [2.45, 2.75) is 45.1 Å². The summed E-state index contributed by atoms with van der Waals surface area (Å²) >= 11 is 0. The predicted molar refractivity (Wildman–Crippen MR) is 107 cm³/mol. The van der Waals surface area contributed by atoms with Crippen LogP contribution in [0, 0.1) is 20.8 Å². The van der Waals surface area contributed by atoms with Crippen LogP contribution in [0.4, 0.5) is 11.4 Å². The van der Waals surface area contributed by atoms with Gasteiger partial charge in [0.05, 0.1) is 10.6 Å². The predicted octanol–water partition coefficient (Wildman–Crippen LogP) is 3.47. The molecule has 0 atom stereocenters. The summed E-state index contributed by atoms with van der Waals surface area (Å²) in [5.41, 5.74) is 11.3. The Kier molecular flexibility index (Phi) is 5.25. The van der Waals surface area contributed by atoms with E-state index >= 15 is 0 Å². The number of benzene rings is 2. The van der Waals surface area contributed by atoms with Crippen LogP contribution in [0.15, 0.2) is 35.2 Å². The number of nitrogens with zero attached hydrogens (tertiary/aromatic N) is 1. The summed E-state index contributed by atoms with van der Waals surface area (Å²) in [5.74, 6) is 0. The topological polar surface area (TPSA) is 75.4 Å². The molecular weight excluding hydrogens is 346 g/mol. The summed E-state index contributed by atoms with van der Waals surface area (Å²) in [7, 11) is -3.70. The van der Waals surface area contributed by atoms with Crippen LogP contribution in [-0.4, -0.2) is 21.5 Å². The smallest absolute Gasteiger partial charge is 0.262 e. The van der Waals surface area contributed by atoms with Crippen molar-refractivity contribution in [2.75, 3.05) is 22.7 Å². The molecule has 0 spiro atoms. The fraction of sp³-hybridized carbons (Fsp3) is 0.400. The summed E-state index contributed by atoms with van der Waals surface area (Å²) in [6, 6.07) is 8.94. The Hall–Kier alpha value is -2.05. The minimum Gasteiger partial charge on any atom is -0.371 e. The van der Waals surface area contributed by atoms with Crippen LogP contribution in [0.5, 0.6) is 0 Å². The Bertz CT molecular complexity index is 917. The largest absolute Gasteiger partial charge is 0.371 e. The number of hydrogen-bond acceptors (Lipinski definition) is 4. The molecule has 0 amide bonds. The molecule has 3 rings (SSSR count). The quantitative estimate of drug-likeness (QED) is 0.841. The van der Waals surface area contributed by atoms with Crippen molar-refractivity contribution < 1.29 is 8.42 Å². The molecule has 26 heavy (non-hydrogen) atoms. The molecule has 0 aromatic heterocycles. The maximum absolute atomic E-state index is 13.0. The van der Waals surface area contributed by atoms with E-state index in [-0.39, 0.29) is 11.4 Å². The van der Waals surface area contributed by atoms with Gasteiger partial charge in [-0.05, 0) is 61.9 Å². The minimum atomic E-state index is -3.70. The Morgan fingerprint density at radius 1 is 1.08 bits per heavy atom. The zero-order valence-corrected chi connectivity index (χ0v) is 16.5. The normalized spacial score (nSPS) is 14.7. The average Bonchev–Trinajstić information content (AvgIpc) is 3.12. The number of nitrogens with one attached hydrogen (secondary N) is 1. The van der Waals surface area contributed by atoms with Gasteiger partial charge in [0, 0.05) is 25.3 Å². The third-order valence-electron chi connectivity index (χ3n) is 5.07. The van der Waals surface area contributed by atoms with Crippen LogP contribution in [0.25, 0.3) is 0 Å². The van der Waals surface area contributed by atoms with Gasteiger partial charge in [-0.25, -0.2) is 8.42 Å². The molecule has 2 aromatic rings. The van der Waals surface area contributed by atoms with Crippen molar-refractivity contribution in [1.29, 1.82) is 0 Å². The summed E-state index contributed by atoms with van der Waals surface area (Å²) in [4.78, 5) is 2.60. The Morgan fingerprint density at radius 3 is 2.38 bits per heavy atom. The van der Waals surface area contributed by atoms with Crippen molar-refractivity contribution in [3.05, 3.63) is 52.6 Å². The molecule has 2 aromatic carbocycles. The molecule has 0 unspecified atom stereocenters. The van der Waals surface area contributed by atoms with Crippen LogP contribution in [0.2, 0.25) is 0 Å². The molecule has 1 heterocycles. The highest BCUT2D eigenvalue weighted by Gasteiger charge is 2.23. The molecule has 0 aliphatic carbocycles. The van der Waals surface area contributed by atoms with Crippen LogP contribution >= 0.6 is 0 Å². The number of rotatable bonds is 5. The van der Waals surface area contributed by atoms with Crippen molar-refractivity contribution in [3.63, 3.8) is 0 Å². The van der Waals surface area contributed by atoms with Gasteiger partial charge in [-0.2, -0.15) is 0 Å². The van der Waals surface area contributed by atoms with Crippen molar-refractivity contribution >= 4 is 21.4 Å². The Morgan fingerprint density at radius 2 is 1.73 bits per heavy atom. The molecule has 5 nitrogen and oxygen atoms in total. The van der Waals surface area contributed by atoms with E-state index in [0.29, 0.717) is 11.3 Å². The van der Waals surface area contributed by atoms with E-state index < -0.39 is 10.0 Å². The van der Waals surface area contributed by atoms with E-state index in [1.54, 1.807) is 24.3 Å². The maximum Gasteiger partial charge on any atom is 0.262 e. The van der Waals surface area contributed by atoms with Gasteiger partial charge in [-0.3, -0.25) is 4.72 Å². The van der Waals surface area contributed by atoms with E-state index in [4.69, 9.17) is 5.73 Å². The van der Waals surface area contributed by atoms with Crippen molar-refractivity contribution in [3.8, 4) is 0 Å². The van der Waals surface area contributed by atoms with Gasteiger partial charge in [-0.15, -0.1) is 0 Å². The van der Waals surface area contributed by atoms with Gasteiger partial charge in [0.2, 0.25) is 0 Å². The van der Waals surface area contributed by atoms with Gasteiger partial charge in [0.15, 0.2) is 0 Å². The van der Waals surface area contributed by atoms with E-state index in [1.165, 1.54) is 18.4 Å². The summed E-state index contributed by atoms with van der Waals surface area (Å²) < 4.78 is 28.9. The van der Waals surface area contributed by atoms with Gasteiger partial charge in [0.25, 0.3) is 10.0 Å². The number of aryl methyl sites for hydroxylation is 2. The molecule has 0 saturated carbocycles. The Balaban J connectivity index is 2.05. The number of hydrogen-bond donors (Lipinski definition) is 2. The molecule has 140 valence electrons. The lowest BCUT2D eigenvalue weighted by Crippen LogP contribution is -2.22. The second kappa shape index (κ2) is 7.29. The van der Waals surface area contributed by atoms with E-state index in [0.717, 1.165) is 29.9 Å². The highest BCUT2D eigenvalue weighted by Crippen LogP contribution is 2.36. The van der Waals surface area contributed by atoms with Crippen LogP contribution in [-0.2, 0) is 16.6 Å². The first kappa shape index (κ1) is 18.7. The third-order valence-corrected chi connectivity index (χ3v) is 6.52. The molecule has 1 aliphatic heterocycles. The lowest BCUT2D eigenvalue weighted by molar-refractivity contribution is 0.600. The fourth-order valence-corrected chi connectivity index (χ4v) is 5.33. The monoisotopic (exact) mass is 373 g/mol. The summed E-state index contributed by atoms with van der Waals surface area (Å²) in [6.07, 6.45) is 2.36. The molecular formula is C20H27N3O2S. The number of nitrogens with two attached hydrogens (primary N) is 1. The maximum atomic E-state index is 13.0. The second-order valence-electron chi connectivity index (χ2n) is 6.97. The average molecular weight is 374 g/mol. The van der Waals surface area contributed by atoms with Crippen LogP contribution < -0.4 is 15.4 Å². The summed E-state index contributed by atoms with van der Waals surface area (Å²) in [5, 5.41) is 0. The zero-order valence-electron chi connectivity index (χ0n) is 15.7. The molecule has 1 aliphatic rings. The molecule has 6 heteroatoms. The van der Waals surface area contributed by atoms with Gasteiger partial charge >= 0.3 is 0 Å². The lowest BCUT2D eigenvalue weighted by atomic mass is 10.0. The molecule has 1 saturated heterocycles. The third kappa shape index (κ3) is 3.44. The number of sulfonamides is 1. The number of anilines is 2. The van der Waals surface area contributed by atoms with E-state index in [9.17, 15) is 8.42 Å². The van der Waals surface area contributed by atoms with Gasteiger partial charge < -0.3 is 10.6 Å². The molecule has 3 N–H and O–H groups in total. The van der Waals surface area contributed by atoms with Gasteiger partial charge in [0.1, 0.15) is 0 Å². The molecule has 0 bridgehead atoms. The first-order valence-corrected chi connectivity index (χ1v) is 10.5. The van der Waals surface area contributed by atoms with Crippen molar-refractivity contribution in [1.82, 2.24) is 0 Å². The Labute approximate surface area is 156 Å². The van der Waals surface area contributed by atoms with E-state index in [1.807, 2.05) is 13.8 Å². The zero-order chi connectivity index (χ0) is 18.9. The fourth-order valence-electron chi connectivity index (χ4n) is 3.88. The van der Waals surface area contributed by atoms with Crippen molar-refractivity contribution in [2.24, 2.45) is 5.73 Å². The van der Waals surface area contributed by atoms with Crippen LogP contribution in [0.1, 0.15) is 35.1 Å². The summed E-state index contributed by atoms with van der Waals surface area (Å²) in [6.45, 7) is 8.26. The van der Waals surface area contributed by atoms with Gasteiger partial charge in [-0.1, -0.05) is 24.3 Å². The van der Waals surface area contributed by atoms with E-state index in [2.05, 4.69) is 22.6 Å². The standard InChI is InChI=1S/C20H27N3O2S/c1-14-12-15(2)20(23-10-6-7-11-23)16(3)19(14)22-26(24,25)18-9-5-4-8-17(18)13-21/h4-5,8-9,12,22H,6-7,10-11,13,21H2,1-3H3. The van der Waals surface area contributed by atoms with Crippen LogP contribution in [0.3, 0.4) is 0 Å². The molecule has 1 fully saturated rings.